The molecule has 0 bridgehead atoms. The van der Waals surface area contributed by atoms with Crippen molar-refractivity contribution in [1.82, 2.24) is 0 Å². The van der Waals surface area contributed by atoms with Crippen LogP contribution in [0.15, 0.2) is 79.1 Å². The molecule has 3 aromatic rings. The lowest BCUT2D eigenvalue weighted by Gasteiger charge is -2.15. The van der Waals surface area contributed by atoms with Crippen molar-refractivity contribution in [3.63, 3.8) is 0 Å². The number of hydrogen-bond donors (Lipinski definition) is 0. The van der Waals surface area contributed by atoms with Gasteiger partial charge in [0.1, 0.15) is 22.8 Å². The van der Waals surface area contributed by atoms with Crippen molar-refractivity contribution in [2.75, 3.05) is 14.2 Å². The smallest absolute Gasteiger partial charge is 0.343 e. The van der Waals surface area contributed by atoms with E-state index in [2.05, 4.69) is 0 Å². The molecule has 6 heteroatoms. The van der Waals surface area contributed by atoms with E-state index in [0.29, 0.717) is 33.9 Å². The number of ether oxygens (including phenoxy) is 4. The van der Waals surface area contributed by atoms with Gasteiger partial charge in [0.05, 0.1) is 26.0 Å². The zero-order chi connectivity index (χ0) is 22.2. The van der Waals surface area contributed by atoms with Gasteiger partial charge in [-0.05, 0) is 37.3 Å². The second-order valence-corrected chi connectivity index (χ2v) is 6.49. The lowest BCUT2D eigenvalue weighted by molar-refractivity contribution is -0.133. The number of carbonyl (C=O) groups is 2. The summed E-state index contributed by atoms with van der Waals surface area (Å²) < 4.78 is 21.5. The molecule has 0 spiro atoms. The van der Waals surface area contributed by atoms with Gasteiger partial charge in [0, 0.05) is 11.1 Å². The third-order valence-electron chi connectivity index (χ3n) is 4.48. The second-order valence-electron chi connectivity index (χ2n) is 6.49. The molecule has 158 valence electrons. The Kier molecular flexibility index (Phi) is 7.06. The molecule has 31 heavy (non-hydrogen) atoms. The highest BCUT2D eigenvalue weighted by Crippen LogP contribution is 2.35. The van der Waals surface area contributed by atoms with Crippen LogP contribution in [0.1, 0.15) is 21.5 Å². The Morgan fingerprint density at radius 2 is 1.42 bits per heavy atom. The van der Waals surface area contributed by atoms with Crippen LogP contribution in [0.3, 0.4) is 0 Å². The van der Waals surface area contributed by atoms with Gasteiger partial charge in [0.25, 0.3) is 0 Å². The summed E-state index contributed by atoms with van der Waals surface area (Å²) in [4.78, 5) is 24.6. The van der Waals surface area contributed by atoms with E-state index in [0.717, 1.165) is 0 Å². The minimum Gasteiger partial charge on any atom is -0.503 e. The lowest BCUT2D eigenvalue weighted by Crippen LogP contribution is -2.09. The molecule has 0 aliphatic rings. The van der Waals surface area contributed by atoms with Gasteiger partial charge in [0.2, 0.25) is 0 Å². The van der Waals surface area contributed by atoms with E-state index >= 15 is 0 Å². The molecular formula is C25H22O6. The van der Waals surface area contributed by atoms with Gasteiger partial charge in [-0.1, -0.05) is 42.5 Å². The number of carbonyl (C=O) groups excluding carboxylic acids is 2. The molecule has 0 unspecified atom stereocenters. The zero-order valence-electron chi connectivity index (χ0n) is 17.5. The molecule has 6 nitrogen and oxygen atoms in total. The minimum absolute atomic E-state index is 0.213. The molecule has 0 heterocycles. The van der Waals surface area contributed by atoms with Gasteiger partial charge in [0.15, 0.2) is 0 Å². The number of benzene rings is 3. The van der Waals surface area contributed by atoms with E-state index in [-0.39, 0.29) is 5.57 Å². The number of para-hydroxylation sites is 1. The number of methoxy groups -OCH3 is 2. The molecule has 0 saturated heterocycles. The molecule has 0 saturated carbocycles. The lowest BCUT2D eigenvalue weighted by atomic mass is 10.1. The fourth-order valence-corrected chi connectivity index (χ4v) is 2.89. The Balaban J connectivity index is 1.91. The van der Waals surface area contributed by atoms with Crippen molar-refractivity contribution in [3.8, 4) is 17.2 Å². The van der Waals surface area contributed by atoms with Gasteiger partial charge in [-0.15, -0.1) is 0 Å². The van der Waals surface area contributed by atoms with E-state index in [1.807, 2.05) is 6.07 Å². The standard InChI is InChI=1S/C25H22O6/c1-17-21(14-9-15-22(17)31-24(26)18-10-5-4-6-11-18)30-23-13-8-7-12-19(23)20(16-28-2)25(27)29-3/h4-16H,1-3H3. The molecule has 3 rings (SSSR count). The van der Waals surface area contributed by atoms with Crippen LogP contribution in [0, 0.1) is 6.92 Å². The van der Waals surface area contributed by atoms with Crippen LogP contribution in [-0.4, -0.2) is 26.2 Å². The van der Waals surface area contributed by atoms with E-state index in [1.54, 1.807) is 73.7 Å². The summed E-state index contributed by atoms with van der Waals surface area (Å²) in [5, 5.41) is 0. The van der Waals surface area contributed by atoms with Gasteiger partial charge in [-0.2, -0.15) is 0 Å². The van der Waals surface area contributed by atoms with Crippen LogP contribution in [0.25, 0.3) is 5.57 Å². The highest BCUT2D eigenvalue weighted by Gasteiger charge is 2.19. The van der Waals surface area contributed by atoms with Crippen molar-refractivity contribution >= 4 is 17.5 Å². The predicted octanol–water partition coefficient (Wildman–Crippen LogP) is 5.17. The predicted molar refractivity (Wildman–Crippen MR) is 116 cm³/mol. The third-order valence-corrected chi connectivity index (χ3v) is 4.48. The summed E-state index contributed by atoms with van der Waals surface area (Å²) in [5.74, 6) is 0.264. The van der Waals surface area contributed by atoms with Crippen LogP contribution in [0.5, 0.6) is 17.2 Å². The molecule has 0 amide bonds. The summed E-state index contributed by atoms with van der Waals surface area (Å²) in [6.07, 6.45) is 1.30. The zero-order valence-corrected chi connectivity index (χ0v) is 17.5. The first-order chi connectivity index (χ1) is 15.0. The van der Waals surface area contributed by atoms with Crippen molar-refractivity contribution in [1.29, 1.82) is 0 Å². The Hall–Kier alpha value is -4.06. The Morgan fingerprint density at radius 1 is 0.774 bits per heavy atom. The number of hydrogen-bond acceptors (Lipinski definition) is 6. The summed E-state index contributed by atoms with van der Waals surface area (Å²) in [5.41, 5.74) is 1.80. The van der Waals surface area contributed by atoms with Gasteiger partial charge >= 0.3 is 11.9 Å². The summed E-state index contributed by atoms with van der Waals surface area (Å²) in [6.45, 7) is 1.79. The maximum Gasteiger partial charge on any atom is 0.343 e. The van der Waals surface area contributed by atoms with E-state index in [4.69, 9.17) is 18.9 Å². The molecule has 0 aromatic heterocycles. The normalized spacial score (nSPS) is 10.9. The first-order valence-electron chi connectivity index (χ1n) is 9.50. The third kappa shape index (κ3) is 5.11. The fraction of sp³-hybridized carbons (Fsp3) is 0.120. The maximum atomic E-state index is 12.4. The van der Waals surface area contributed by atoms with Crippen molar-refractivity contribution in [3.05, 3.63) is 95.7 Å². The van der Waals surface area contributed by atoms with Crippen LogP contribution in [0.2, 0.25) is 0 Å². The highest BCUT2D eigenvalue weighted by atomic mass is 16.5. The Bertz CT molecular complexity index is 1100. The number of rotatable bonds is 7. The molecule has 0 aliphatic carbocycles. The summed E-state index contributed by atoms with van der Waals surface area (Å²) in [6, 6.07) is 20.9. The van der Waals surface area contributed by atoms with E-state index in [9.17, 15) is 9.59 Å². The summed E-state index contributed by atoms with van der Waals surface area (Å²) >= 11 is 0. The van der Waals surface area contributed by atoms with Crippen molar-refractivity contribution in [2.24, 2.45) is 0 Å². The van der Waals surface area contributed by atoms with Crippen LogP contribution in [-0.2, 0) is 14.3 Å². The Labute approximate surface area is 180 Å². The largest absolute Gasteiger partial charge is 0.503 e. The van der Waals surface area contributed by atoms with Crippen LogP contribution in [0.4, 0.5) is 0 Å². The molecule has 0 atom stereocenters. The summed E-state index contributed by atoms with van der Waals surface area (Å²) in [7, 11) is 2.74. The first kappa shape index (κ1) is 21.6. The Morgan fingerprint density at radius 3 is 2.13 bits per heavy atom. The molecule has 0 aliphatic heterocycles. The molecule has 0 fully saturated rings. The minimum atomic E-state index is -0.555. The van der Waals surface area contributed by atoms with Crippen LogP contribution >= 0.6 is 0 Å². The van der Waals surface area contributed by atoms with E-state index < -0.39 is 11.9 Å². The van der Waals surface area contributed by atoms with Gasteiger partial charge < -0.3 is 18.9 Å². The van der Waals surface area contributed by atoms with Crippen LogP contribution < -0.4 is 9.47 Å². The average molecular weight is 418 g/mol. The van der Waals surface area contributed by atoms with Gasteiger partial charge in [-0.25, -0.2) is 9.59 Å². The fourth-order valence-electron chi connectivity index (χ4n) is 2.89. The van der Waals surface area contributed by atoms with E-state index in [1.165, 1.54) is 20.5 Å². The monoisotopic (exact) mass is 418 g/mol. The molecular weight excluding hydrogens is 396 g/mol. The van der Waals surface area contributed by atoms with Crippen molar-refractivity contribution < 1.29 is 28.5 Å². The molecule has 0 radical (unpaired) electrons. The first-order valence-corrected chi connectivity index (χ1v) is 9.50. The quantitative estimate of drug-likeness (QED) is 0.228. The van der Waals surface area contributed by atoms with Gasteiger partial charge in [-0.3, -0.25) is 0 Å². The second kappa shape index (κ2) is 10.1. The SMILES string of the molecule is COC=C(C(=O)OC)c1ccccc1Oc1cccc(OC(=O)c2ccccc2)c1C. The maximum absolute atomic E-state index is 12.4. The topological polar surface area (TPSA) is 71.1 Å². The highest BCUT2D eigenvalue weighted by molar-refractivity contribution is 6.17. The molecule has 3 aromatic carbocycles. The number of esters is 2. The molecule has 0 N–H and O–H groups in total. The van der Waals surface area contributed by atoms with Crippen molar-refractivity contribution in [2.45, 2.75) is 6.92 Å². The average Bonchev–Trinajstić information content (AvgIpc) is 2.80.